The van der Waals surface area contributed by atoms with Gasteiger partial charge in [-0.2, -0.15) is 0 Å². The molecule has 0 atom stereocenters. The van der Waals surface area contributed by atoms with Gasteiger partial charge in [-0.15, -0.1) is 23.5 Å². The summed E-state index contributed by atoms with van der Waals surface area (Å²) in [5.41, 5.74) is 10.2. The predicted octanol–water partition coefficient (Wildman–Crippen LogP) is 12.4. The van der Waals surface area contributed by atoms with Gasteiger partial charge in [0, 0.05) is 37.3 Å². The first-order valence-corrected chi connectivity index (χ1v) is 20.0. The van der Waals surface area contributed by atoms with Gasteiger partial charge in [0.2, 0.25) is 0 Å². The van der Waals surface area contributed by atoms with E-state index in [1.165, 1.54) is 54.1 Å². The summed E-state index contributed by atoms with van der Waals surface area (Å²) < 4.78 is 18.8. The van der Waals surface area contributed by atoms with Crippen LogP contribution in [0.25, 0.3) is 39.1 Å². The highest BCUT2D eigenvalue weighted by molar-refractivity contribution is 8.01. The lowest BCUT2D eigenvalue weighted by Crippen LogP contribution is -2.35. The van der Waals surface area contributed by atoms with Crippen LogP contribution in [0, 0.1) is 0 Å². The summed E-state index contributed by atoms with van der Waals surface area (Å²) >= 11 is 3.60. The molecule has 1 aliphatic heterocycles. The normalized spacial score (nSPS) is 14.8. The van der Waals surface area contributed by atoms with E-state index in [1.54, 1.807) is 26.0 Å². The fourth-order valence-electron chi connectivity index (χ4n) is 8.48. The van der Waals surface area contributed by atoms with Crippen molar-refractivity contribution in [1.29, 1.82) is 0 Å². The molecule has 0 radical (unpaired) electrons. The van der Waals surface area contributed by atoms with Crippen LogP contribution in [-0.4, -0.2) is 26.7 Å². The van der Waals surface area contributed by atoms with Crippen LogP contribution >= 0.6 is 23.5 Å². The molecule has 6 aromatic rings. The second kappa shape index (κ2) is 13.2. The highest BCUT2D eigenvalue weighted by Gasteiger charge is 2.47. The van der Waals surface area contributed by atoms with Crippen LogP contribution in [0.2, 0.25) is 0 Å². The van der Waals surface area contributed by atoms with E-state index in [-0.39, 0.29) is 5.41 Å². The Morgan fingerprint density at radius 1 is 0.647 bits per heavy atom. The van der Waals surface area contributed by atoms with E-state index >= 15 is 0 Å². The maximum absolute atomic E-state index is 7.64. The third-order valence-electron chi connectivity index (χ3n) is 11.2. The Labute approximate surface area is 310 Å². The number of ether oxygens (including phenoxy) is 3. The SMILES string of the molecule is CCC1(CC)c2cc(-c3ccccc3)ccc2-c2c1c1c(c3cc(SC)c(SC)cc23)OC(c2ccc(OC)cc2)(c2ccc(OC)cc2)C=C1. The number of hydrogen-bond donors (Lipinski definition) is 0. The van der Waals surface area contributed by atoms with Crippen molar-refractivity contribution in [3.05, 3.63) is 143 Å². The smallest absolute Gasteiger partial charge is 0.178 e. The van der Waals surface area contributed by atoms with Gasteiger partial charge in [-0.25, -0.2) is 0 Å². The number of fused-ring (bicyclic) bond motifs is 8. The summed E-state index contributed by atoms with van der Waals surface area (Å²) in [6.07, 6.45) is 10.9. The van der Waals surface area contributed by atoms with E-state index in [0.29, 0.717) is 0 Å². The molecule has 0 saturated carbocycles. The minimum Gasteiger partial charge on any atom is -0.497 e. The molecule has 51 heavy (non-hydrogen) atoms. The molecular formula is C46H42O3S2. The molecule has 0 fully saturated rings. The minimum absolute atomic E-state index is 0.181. The van der Waals surface area contributed by atoms with Gasteiger partial charge in [-0.1, -0.05) is 86.7 Å². The van der Waals surface area contributed by atoms with Crippen molar-refractivity contribution in [2.45, 2.75) is 47.5 Å². The molecule has 1 aliphatic carbocycles. The maximum atomic E-state index is 7.64. The van der Waals surface area contributed by atoms with Crippen molar-refractivity contribution in [2.75, 3.05) is 26.7 Å². The van der Waals surface area contributed by atoms with E-state index in [9.17, 15) is 0 Å². The van der Waals surface area contributed by atoms with Gasteiger partial charge in [0.05, 0.1) is 14.2 Å². The molecule has 0 aromatic heterocycles. The van der Waals surface area contributed by atoms with Crippen molar-refractivity contribution < 1.29 is 14.2 Å². The molecule has 1 heterocycles. The topological polar surface area (TPSA) is 27.7 Å². The fraction of sp³-hybridized carbons (Fsp3) is 0.217. The monoisotopic (exact) mass is 706 g/mol. The van der Waals surface area contributed by atoms with E-state index in [4.69, 9.17) is 14.2 Å². The van der Waals surface area contributed by atoms with Gasteiger partial charge in [0.1, 0.15) is 17.2 Å². The summed E-state index contributed by atoms with van der Waals surface area (Å²) in [5.74, 6) is 2.55. The van der Waals surface area contributed by atoms with Crippen LogP contribution in [0.4, 0.5) is 0 Å². The molecule has 8 rings (SSSR count). The first-order valence-electron chi connectivity index (χ1n) is 17.6. The number of thioether (sulfide) groups is 2. The number of rotatable bonds is 9. The average Bonchev–Trinajstić information content (AvgIpc) is 3.50. The van der Waals surface area contributed by atoms with Crippen molar-refractivity contribution in [1.82, 2.24) is 0 Å². The van der Waals surface area contributed by atoms with Crippen LogP contribution in [0.3, 0.4) is 0 Å². The van der Waals surface area contributed by atoms with Gasteiger partial charge < -0.3 is 14.2 Å². The average molecular weight is 707 g/mol. The van der Waals surface area contributed by atoms with Crippen molar-refractivity contribution >= 4 is 40.4 Å². The van der Waals surface area contributed by atoms with Crippen LogP contribution in [0.15, 0.2) is 125 Å². The standard InChI is InChI=1S/C46H42O3S2/c1-7-45(8-2)39-26-30(29-12-10-9-11-13-29)14-23-35(39)42-37-27-40(50-5)41(51-6)28-38(37)44-36(43(42)45)24-25-46(49-44,31-15-19-33(47-3)20-16-31)32-17-21-34(48-4)22-18-32/h9-28H,7-8H2,1-6H3. The third-order valence-corrected chi connectivity index (χ3v) is 12.9. The Morgan fingerprint density at radius 3 is 1.78 bits per heavy atom. The second-order valence-corrected chi connectivity index (χ2v) is 15.0. The van der Waals surface area contributed by atoms with E-state index in [0.717, 1.165) is 46.6 Å². The molecule has 0 spiro atoms. The van der Waals surface area contributed by atoms with Crippen LogP contribution < -0.4 is 14.2 Å². The van der Waals surface area contributed by atoms with Gasteiger partial charge in [-0.3, -0.25) is 0 Å². The molecule has 0 N–H and O–H groups in total. The van der Waals surface area contributed by atoms with Crippen LogP contribution in [0.5, 0.6) is 17.2 Å². The highest BCUT2D eigenvalue weighted by atomic mass is 32.2. The van der Waals surface area contributed by atoms with Gasteiger partial charge >= 0.3 is 0 Å². The largest absolute Gasteiger partial charge is 0.497 e. The second-order valence-electron chi connectivity index (χ2n) is 13.3. The first kappa shape index (κ1) is 33.6. The molecule has 0 bridgehead atoms. The zero-order chi connectivity index (χ0) is 35.3. The van der Waals surface area contributed by atoms with E-state index in [2.05, 4.69) is 123 Å². The quantitative estimate of drug-likeness (QED) is 0.140. The number of benzene rings is 6. The summed E-state index contributed by atoms with van der Waals surface area (Å²) in [6, 6.07) is 39.3. The number of hydrogen-bond acceptors (Lipinski definition) is 5. The maximum Gasteiger partial charge on any atom is 0.178 e. The summed E-state index contributed by atoms with van der Waals surface area (Å²) in [7, 11) is 3.41. The molecule has 3 nitrogen and oxygen atoms in total. The Hall–Kier alpha value is -4.58. The molecule has 2 aliphatic rings. The Morgan fingerprint density at radius 2 is 1.24 bits per heavy atom. The summed E-state index contributed by atoms with van der Waals surface area (Å²) in [4.78, 5) is 2.54. The molecular weight excluding hydrogens is 665 g/mol. The molecule has 0 amide bonds. The van der Waals surface area contributed by atoms with Gasteiger partial charge in [0.15, 0.2) is 5.60 Å². The Balaban J connectivity index is 1.45. The predicted molar refractivity (Wildman–Crippen MR) is 216 cm³/mol. The Bertz CT molecular complexity index is 2240. The Kier molecular flexibility index (Phi) is 8.68. The molecule has 256 valence electrons. The third kappa shape index (κ3) is 5.11. The van der Waals surface area contributed by atoms with Crippen molar-refractivity contribution in [2.24, 2.45) is 0 Å². The lowest BCUT2D eigenvalue weighted by molar-refractivity contribution is 0.163. The zero-order valence-corrected chi connectivity index (χ0v) is 31.6. The van der Waals surface area contributed by atoms with Gasteiger partial charge in [0.25, 0.3) is 0 Å². The number of methoxy groups -OCH3 is 2. The van der Waals surface area contributed by atoms with E-state index < -0.39 is 5.60 Å². The lowest BCUT2D eigenvalue weighted by atomic mass is 9.70. The van der Waals surface area contributed by atoms with Crippen LogP contribution in [-0.2, 0) is 11.0 Å². The molecule has 6 aromatic carbocycles. The minimum atomic E-state index is -0.878. The van der Waals surface area contributed by atoms with Crippen molar-refractivity contribution in [3.63, 3.8) is 0 Å². The molecule has 0 unspecified atom stereocenters. The van der Waals surface area contributed by atoms with E-state index in [1.807, 2.05) is 36.0 Å². The lowest BCUT2D eigenvalue weighted by Gasteiger charge is -2.39. The van der Waals surface area contributed by atoms with Crippen molar-refractivity contribution in [3.8, 4) is 39.5 Å². The van der Waals surface area contributed by atoms with Gasteiger partial charge in [-0.05, 0) is 113 Å². The van der Waals surface area contributed by atoms with Crippen LogP contribution in [0.1, 0.15) is 54.5 Å². The molecule has 0 saturated heterocycles. The fourth-order valence-corrected chi connectivity index (χ4v) is 9.98. The summed E-state index contributed by atoms with van der Waals surface area (Å²) in [6.45, 7) is 4.70. The highest BCUT2D eigenvalue weighted by Crippen LogP contribution is 2.61. The zero-order valence-electron chi connectivity index (χ0n) is 30.0. The molecule has 5 heteroatoms. The summed E-state index contributed by atoms with van der Waals surface area (Å²) in [5, 5.41) is 2.39. The first-order chi connectivity index (χ1) is 24.9.